The minimum atomic E-state index is -0.587. The average molecular weight is 359 g/mol. The smallest absolute Gasteiger partial charge is 0.130 e. The topological polar surface area (TPSA) is 21.1 Å². The van der Waals surface area contributed by atoms with Gasteiger partial charge in [-0.05, 0) is 30.2 Å². The Morgan fingerprint density at radius 1 is 0.923 bits per heavy atom. The van der Waals surface area contributed by atoms with Crippen LogP contribution in [-0.4, -0.2) is 21.0 Å². The Morgan fingerprint density at radius 3 is 2.38 bits per heavy atom. The maximum absolute atomic E-state index is 14.0. The summed E-state index contributed by atoms with van der Waals surface area (Å²) in [6.07, 6.45) is 6.22. The Balaban J connectivity index is 1.68. The zero-order valence-corrected chi connectivity index (χ0v) is 14.3. The van der Waals surface area contributed by atoms with Crippen LogP contribution in [0.5, 0.6) is 0 Å². The Bertz CT molecular complexity index is 817. The fraction of sp³-hybridized carbons (Fsp3) is 0.250. The molecule has 0 aliphatic carbocycles. The van der Waals surface area contributed by atoms with Crippen molar-refractivity contribution in [2.45, 2.75) is 26.1 Å². The molecule has 0 fully saturated rings. The van der Waals surface area contributed by atoms with Crippen LogP contribution in [0.15, 0.2) is 61.2 Å². The van der Waals surface area contributed by atoms with E-state index in [1.807, 2.05) is 10.8 Å². The number of aromatic nitrogens is 2. The number of hydrogen-bond donors (Lipinski definition) is 0. The first-order valence-corrected chi connectivity index (χ1v) is 8.46. The highest BCUT2D eigenvalue weighted by Gasteiger charge is 2.11. The van der Waals surface area contributed by atoms with Gasteiger partial charge in [-0.15, -0.1) is 0 Å². The van der Waals surface area contributed by atoms with Gasteiger partial charge < -0.3 is 4.57 Å². The molecule has 1 aromatic heterocycles. The van der Waals surface area contributed by atoms with Crippen molar-refractivity contribution in [1.29, 1.82) is 0 Å². The van der Waals surface area contributed by atoms with E-state index in [0.29, 0.717) is 25.2 Å². The van der Waals surface area contributed by atoms with Crippen LogP contribution >= 0.6 is 0 Å². The van der Waals surface area contributed by atoms with Gasteiger partial charge in [-0.25, -0.2) is 18.2 Å². The van der Waals surface area contributed by atoms with E-state index in [-0.39, 0.29) is 5.82 Å². The van der Waals surface area contributed by atoms with Gasteiger partial charge in [0.1, 0.15) is 17.5 Å². The number of nitrogens with zero attached hydrogens (tertiary/aromatic N) is 3. The van der Waals surface area contributed by atoms with Crippen LogP contribution in [0, 0.1) is 17.5 Å². The van der Waals surface area contributed by atoms with Crippen LogP contribution in [0.3, 0.4) is 0 Å². The Labute approximate surface area is 150 Å². The van der Waals surface area contributed by atoms with E-state index < -0.39 is 11.6 Å². The molecule has 0 atom stereocenters. The summed E-state index contributed by atoms with van der Waals surface area (Å²) in [7, 11) is 0. The molecule has 2 aromatic carbocycles. The predicted molar refractivity (Wildman–Crippen MR) is 93.7 cm³/mol. The summed E-state index contributed by atoms with van der Waals surface area (Å²) in [4.78, 5) is 6.08. The molecule has 0 bridgehead atoms. The molecule has 0 aliphatic rings. The van der Waals surface area contributed by atoms with Crippen molar-refractivity contribution in [2.75, 3.05) is 6.54 Å². The minimum absolute atomic E-state index is 0.287. The van der Waals surface area contributed by atoms with Crippen molar-refractivity contribution in [2.24, 2.45) is 0 Å². The fourth-order valence-corrected chi connectivity index (χ4v) is 2.85. The van der Waals surface area contributed by atoms with Crippen LogP contribution in [-0.2, 0) is 19.6 Å². The second-order valence-electron chi connectivity index (χ2n) is 6.23. The summed E-state index contributed by atoms with van der Waals surface area (Å²) in [6.45, 7) is 2.42. The van der Waals surface area contributed by atoms with Crippen LogP contribution in [0.1, 0.15) is 17.5 Å². The van der Waals surface area contributed by atoms with Crippen molar-refractivity contribution >= 4 is 0 Å². The minimum Gasteiger partial charge on any atom is -0.337 e. The van der Waals surface area contributed by atoms with Gasteiger partial charge in [0.15, 0.2) is 0 Å². The highest BCUT2D eigenvalue weighted by molar-refractivity contribution is 5.19. The molecule has 0 spiro atoms. The molecule has 0 radical (unpaired) electrons. The number of benzene rings is 2. The third-order valence-corrected chi connectivity index (χ3v) is 4.18. The van der Waals surface area contributed by atoms with Gasteiger partial charge >= 0.3 is 0 Å². The van der Waals surface area contributed by atoms with Gasteiger partial charge in [-0.2, -0.15) is 0 Å². The molecule has 0 saturated carbocycles. The summed E-state index contributed by atoms with van der Waals surface area (Å²) in [6, 6.07) is 9.91. The molecular weight excluding hydrogens is 339 g/mol. The standard InChI is InChI=1S/C20H20F3N3/c21-18-5-2-16(3-6-18)13-26(10-1-9-25-11-8-24-15-25)14-17-4-7-19(22)12-20(17)23/h2-8,11-12,15H,1,9-10,13-14H2. The SMILES string of the molecule is Fc1ccc(CN(CCCn2ccnc2)Cc2ccc(F)cc2F)cc1. The van der Waals surface area contributed by atoms with Crippen molar-refractivity contribution in [3.05, 3.63) is 89.8 Å². The number of halogens is 3. The second-order valence-corrected chi connectivity index (χ2v) is 6.23. The zero-order valence-electron chi connectivity index (χ0n) is 14.3. The summed E-state index contributed by atoms with van der Waals surface area (Å²) in [5, 5.41) is 0. The number of rotatable bonds is 8. The highest BCUT2D eigenvalue weighted by atomic mass is 19.1. The molecule has 0 amide bonds. The van der Waals surface area contributed by atoms with Crippen LogP contribution in [0.4, 0.5) is 13.2 Å². The molecular formula is C20H20F3N3. The maximum Gasteiger partial charge on any atom is 0.130 e. The van der Waals surface area contributed by atoms with E-state index in [0.717, 1.165) is 24.6 Å². The molecule has 1 heterocycles. The lowest BCUT2D eigenvalue weighted by atomic mass is 10.1. The Kier molecular flexibility index (Phi) is 6.07. The quantitative estimate of drug-likeness (QED) is 0.595. The lowest BCUT2D eigenvalue weighted by molar-refractivity contribution is 0.245. The molecule has 26 heavy (non-hydrogen) atoms. The van der Waals surface area contributed by atoms with E-state index >= 15 is 0 Å². The zero-order chi connectivity index (χ0) is 18.4. The first kappa shape index (κ1) is 18.2. The Morgan fingerprint density at radius 2 is 1.69 bits per heavy atom. The first-order valence-electron chi connectivity index (χ1n) is 8.46. The van der Waals surface area contributed by atoms with Gasteiger partial charge in [0, 0.05) is 50.2 Å². The number of hydrogen-bond acceptors (Lipinski definition) is 2. The molecule has 6 heteroatoms. The van der Waals surface area contributed by atoms with E-state index in [1.54, 1.807) is 24.7 Å². The molecule has 136 valence electrons. The monoisotopic (exact) mass is 359 g/mol. The van der Waals surface area contributed by atoms with Crippen LogP contribution < -0.4 is 0 Å². The third-order valence-electron chi connectivity index (χ3n) is 4.18. The fourth-order valence-electron chi connectivity index (χ4n) is 2.85. The third kappa shape index (κ3) is 5.20. The Hall–Kier alpha value is -2.60. The van der Waals surface area contributed by atoms with Gasteiger partial charge in [-0.3, -0.25) is 4.90 Å². The average Bonchev–Trinajstić information content (AvgIpc) is 3.12. The number of aryl methyl sites for hydroxylation is 1. The molecule has 0 N–H and O–H groups in total. The van der Waals surface area contributed by atoms with Crippen LogP contribution in [0.25, 0.3) is 0 Å². The summed E-state index contributed by atoms with van der Waals surface area (Å²) in [5.74, 6) is -1.43. The molecule has 0 aliphatic heterocycles. The lowest BCUT2D eigenvalue weighted by Crippen LogP contribution is -2.25. The summed E-state index contributed by atoms with van der Waals surface area (Å²) in [5.41, 5.74) is 1.38. The lowest BCUT2D eigenvalue weighted by Gasteiger charge is -2.23. The molecule has 3 rings (SSSR count). The van der Waals surface area contributed by atoms with Gasteiger partial charge in [0.05, 0.1) is 6.33 Å². The normalized spacial score (nSPS) is 11.2. The summed E-state index contributed by atoms with van der Waals surface area (Å²) < 4.78 is 42.2. The first-order chi connectivity index (χ1) is 12.6. The van der Waals surface area contributed by atoms with Gasteiger partial charge in [0.2, 0.25) is 0 Å². The molecule has 0 unspecified atom stereocenters. The molecule has 0 saturated heterocycles. The molecule has 3 nitrogen and oxygen atoms in total. The van der Waals surface area contributed by atoms with Crippen molar-refractivity contribution in [3.63, 3.8) is 0 Å². The van der Waals surface area contributed by atoms with Gasteiger partial charge in [0.25, 0.3) is 0 Å². The van der Waals surface area contributed by atoms with Crippen molar-refractivity contribution in [1.82, 2.24) is 14.5 Å². The van der Waals surface area contributed by atoms with E-state index in [9.17, 15) is 13.2 Å². The largest absolute Gasteiger partial charge is 0.337 e. The van der Waals surface area contributed by atoms with E-state index in [4.69, 9.17) is 0 Å². The van der Waals surface area contributed by atoms with Gasteiger partial charge in [-0.1, -0.05) is 18.2 Å². The number of imidazole rings is 1. The predicted octanol–water partition coefficient (Wildman–Crippen LogP) is 4.39. The van der Waals surface area contributed by atoms with Crippen molar-refractivity contribution < 1.29 is 13.2 Å². The second kappa shape index (κ2) is 8.67. The van der Waals surface area contributed by atoms with Crippen molar-refractivity contribution in [3.8, 4) is 0 Å². The van der Waals surface area contributed by atoms with Crippen LogP contribution in [0.2, 0.25) is 0 Å². The summed E-state index contributed by atoms with van der Waals surface area (Å²) >= 11 is 0. The highest BCUT2D eigenvalue weighted by Crippen LogP contribution is 2.15. The maximum atomic E-state index is 14.0. The molecule has 3 aromatic rings. The van der Waals surface area contributed by atoms with E-state index in [2.05, 4.69) is 9.88 Å². The van der Waals surface area contributed by atoms with E-state index in [1.165, 1.54) is 24.3 Å².